The number of aromatic hydroxyl groups is 1. The number of ether oxygens (including phenoxy) is 3. The molecule has 0 spiro atoms. The number of hydrogen-bond donors (Lipinski definition) is 1. The number of phenols is 1. The minimum absolute atomic E-state index is 0.0381. The predicted molar refractivity (Wildman–Crippen MR) is 247 cm³/mol. The van der Waals surface area contributed by atoms with Gasteiger partial charge >= 0.3 is 11.9 Å². The molecule has 3 aliphatic heterocycles. The number of nitrogens with zero attached hydrogens (tertiary/aromatic N) is 3. The van der Waals surface area contributed by atoms with Gasteiger partial charge in [0.15, 0.2) is 5.60 Å². The van der Waals surface area contributed by atoms with Crippen LogP contribution in [0.4, 0.5) is 11.4 Å². The number of rotatable bonds is 11. The molecule has 1 unspecified atom stereocenters. The first kappa shape index (κ1) is 41.8. The first-order chi connectivity index (χ1) is 30.5. The molecule has 5 aromatic carbocycles. The molecule has 324 valence electrons. The van der Waals surface area contributed by atoms with Crippen molar-refractivity contribution in [2.45, 2.75) is 63.9 Å². The number of hydrogen-bond acceptors (Lipinski definition) is 9. The first-order valence-electron chi connectivity index (χ1n) is 22.2. The average molecular weight is 846 g/mol. The molecule has 10 nitrogen and oxygen atoms in total. The maximum atomic E-state index is 13.0. The maximum absolute atomic E-state index is 13.0. The van der Waals surface area contributed by atoms with Crippen molar-refractivity contribution < 1.29 is 33.7 Å². The summed E-state index contributed by atoms with van der Waals surface area (Å²) >= 11 is 0. The van der Waals surface area contributed by atoms with Crippen molar-refractivity contribution in [1.29, 1.82) is 0 Å². The van der Waals surface area contributed by atoms with Crippen LogP contribution in [0.2, 0.25) is 0 Å². The Morgan fingerprint density at radius 2 is 1.44 bits per heavy atom. The number of esters is 2. The van der Waals surface area contributed by atoms with E-state index in [9.17, 15) is 19.5 Å². The Bertz CT molecular complexity index is 2620. The van der Waals surface area contributed by atoms with Gasteiger partial charge in [-0.25, -0.2) is 4.79 Å². The fourth-order valence-electron chi connectivity index (χ4n) is 10.0. The fraction of sp³-hybridized carbons (Fsp3) is 0.340. The van der Waals surface area contributed by atoms with Gasteiger partial charge in [-0.1, -0.05) is 93.2 Å². The Balaban J connectivity index is 0.980. The van der Waals surface area contributed by atoms with Gasteiger partial charge in [0.05, 0.1) is 12.1 Å². The summed E-state index contributed by atoms with van der Waals surface area (Å²) in [7, 11) is 0. The number of benzene rings is 5. The highest BCUT2D eigenvalue weighted by Gasteiger charge is 2.44. The van der Waals surface area contributed by atoms with E-state index in [1.54, 1.807) is 11.8 Å². The van der Waals surface area contributed by atoms with Crippen LogP contribution in [-0.2, 0) is 34.9 Å². The molecule has 3 heterocycles. The summed E-state index contributed by atoms with van der Waals surface area (Å²) in [6.45, 7) is 13.8. The highest BCUT2D eigenvalue weighted by Crippen LogP contribution is 2.59. The zero-order valence-electron chi connectivity index (χ0n) is 36.5. The average Bonchev–Trinajstić information content (AvgIpc) is 3.56. The van der Waals surface area contributed by atoms with E-state index in [2.05, 4.69) is 109 Å². The number of piperidine rings is 1. The maximum Gasteiger partial charge on any atom is 0.333 e. The van der Waals surface area contributed by atoms with E-state index < -0.39 is 17.5 Å². The normalized spacial score (nSPS) is 18.6. The molecule has 1 N–H and O–H groups in total. The van der Waals surface area contributed by atoms with E-state index in [1.165, 1.54) is 28.7 Å². The minimum Gasteiger partial charge on any atom is -0.506 e. The van der Waals surface area contributed by atoms with Gasteiger partial charge in [0.1, 0.15) is 24.7 Å². The molecule has 5 aromatic rings. The summed E-state index contributed by atoms with van der Waals surface area (Å²) in [5.74, 6) is -0.105. The smallest absolute Gasteiger partial charge is 0.333 e. The lowest BCUT2D eigenvalue weighted by atomic mass is 9.76. The third-order valence-electron chi connectivity index (χ3n) is 13.3. The number of anilines is 2. The van der Waals surface area contributed by atoms with Crippen LogP contribution in [0.5, 0.6) is 11.5 Å². The lowest BCUT2D eigenvalue weighted by Gasteiger charge is -2.39. The van der Waals surface area contributed by atoms with Crippen molar-refractivity contribution in [1.82, 2.24) is 4.90 Å². The highest BCUT2D eigenvalue weighted by molar-refractivity contribution is 6.10. The number of piperazine rings is 1. The van der Waals surface area contributed by atoms with Gasteiger partial charge in [0.25, 0.3) is 0 Å². The third-order valence-corrected chi connectivity index (χ3v) is 13.3. The topological polar surface area (TPSA) is 109 Å². The zero-order chi connectivity index (χ0) is 43.9. The van der Waals surface area contributed by atoms with Crippen LogP contribution in [0.1, 0.15) is 80.7 Å². The first-order valence-corrected chi connectivity index (χ1v) is 22.2. The molecular formula is C53H55N3O7. The number of phenolic OH excluding ortho intramolecular Hbond substituents is 1. The van der Waals surface area contributed by atoms with Gasteiger partial charge < -0.3 is 34.0 Å². The lowest BCUT2D eigenvalue weighted by Crippen LogP contribution is -2.48. The van der Waals surface area contributed by atoms with Crippen LogP contribution in [0.15, 0.2) is 109 Å². The van der Waals surface area contributed by atoms with E-state index in [0.29, 0.717) is 26.2 Å². The molecular weight excluding hydrogens is 791 g/mol. The zero-order valence-corrected chi connectivity index (χ0v) is 36.5. The van der Waals surface area contributed by atoms with Gasteiger partial charge in [0, 0.05) is 84.4 Å². The fourth-order valence-corrected chi connectivity index (χ4v) is 10.0. The van der Waals surface area contributed by atoms with Crippen LogP contribution in [0.25, 0.3) is 28.0 Å². The van der Waals surface area contributed by atoms with E-state index in [4.69, 9.17) is 14.2 Å². The Morgan fingerprint density at radius 1 is 0.762 bits per heavy atom. The molecule has 10 heteroatoms. The molecule has 0 bridgehead atoms. The van der Waals surface area contributed by atoms with E-state index in [-0.39, 0.29) is 48.7 Å². The summed E-state index contributed by atoms with van der Waals surface area (Å²) in [6.07, 6.45) is 7.89. The molecule has 0 radical (unpaired) electrons. The quantitative estimate of drug-likeness (QED) is 0.0791. The largest absolute Gasteiger partial charge is 0.506 e. The Hall–Kier alpha value is -6.55. The number of fused-ring (bicyclic) bond motifs is 8. The Morgan fingerprint density at radius 3 is 2.17 bits per heavy atom. The van der Waals surface area contributed by atoms with Crippen molar-refractivity contribution in [2.75, 3.05) is 62.3 Å². The molecule has 2 fully saturated rings. The summed E-state index contributed by atoms with van der Waals surface area (Å²) in [6, 6.07) is 31.8. The summed E-state index contributed by atoms with van der Waals surface area (Å²) in [4.78, 5) is 43.2. The lowest BCUT2D eigenvalue weighted by molar-refractivity contribution is -0.151. The second-order valence-corrected chi connectivity index (χ2v) is 17.7. The van der Waals surface area contributed by atoms with Gasteiger partial charge in [0.2, 0.25) is 5.91 Å². The van der Waals surface area contributed by atoms with Gasteiger partial charge in [-0.15, -0.1) is 0 Å². The number of amides is 1. The van der Waals surface area contributed by atoms with Crippen LogP contribution < -0.4 is 14.5 Å². The number of carbonyl (C=O) groups excluding carboxylic acids is 3. The summed E-state index contributed by atoms with van der Waals surface area (Å²) in [5.41, 5.74) is 8.92. The summed E-state index contributed by atoms with van der Waals surface area (Å²) < 4.78 is 17.6. The van der Waals surface area contributed by atoms with E-state index in [0.717, 1.165) is 70.5 Å². The van der Waals surface area contributed by atoms with Crippen molar-refractivity contribution >= 4 is 46.1 Å². The molecule has 0 saturated carbocycles. The molecule has 2 saturated heterocycles. The second-order valence-electron chi connectivity index (χ2n) is 17.7. The molecule has 9 rings (SSSR count). The molecule has 1 atom stereocenters. The second kappa shape index (κ2) is 17.0. The Labute approximate surface area is 369 Å². The van der Waals surface area contributed by atoms with Crippen LogP contribution in [-0.4, -0.2) is 80.3 Å². The van der Waals surface area contributed by atoms with Gasteiger partial charge in [-0.05, 0) is 84.2 Å². The minimum atomic E-state index is -0.966. The van der Waals surface area contributed by atoms with Gasteiger partial charge in [-0.3, -0.25) is 9.59 Å². The van der Waals surface area contributed by atoms with Crippen molar-refractivity contribution in [3.8, 4) is 22.6 Å². The third kappa shape index (κ3) is 7.70. The Kier molecular flexibility index (Phi) is 11.2. The molecule has 63 heavy (non-hydrogen) atoms. The van der Waals surface area contributed by atoms with Crippen molar-refractivity contribution in [2.24, 2.45) is 0 Å². The van der Waals surface area contributed by atoms with Crippen LogP contribution in [0, 0.1) is 0 Å². The van der Waals surface area contributed by atoms with Gasteiger partial charge in [-0.2, -0.15) is 0 Å². The van der Waals surface area contributed by atoms with E-state index in [1.807, 2.05) is 24.3 Å². The van der Waals surface area contributed by atoms with Crippen molar-refractivity contribution in [3.05, 3.63) is 137 Å². The SMILES string of the molecule is C=C(C)C(=O)OCCOC(=O)CCC(=O)N1CCN(c2ccc(C3(c4ccccc4)C=Cc4c5c(c6cc(N7CCCCC7)c(O)cc6c4O3)-c3ccccc3C5(C)C)cc2)CC1. The molecule has 0 aromatic heterocycles. The number of carbonyl (C=O) groups is 3. The predicted octanol–water partition coefficient (Wildman–Crippen LogP) is 9.28. The van der Waals surface area contributed by atoms with Crippen LogP contribution >= 0.6 is 0 Å². The molecule has 1 amide bonds. The monoisotopic (exact) mass is 845 g/mol. The van der Waals surface area contributed by atoms with Crippen molar-refractivity contribution in [3.63, 3.8) is 0 Å². The van der Waals surface area contributed by atoms with Crippen LogP contribution in [0.3, 0.4) is 0 Å². The molecule has 1 aliphatic carbocycles. The summed E-state index contributed by atoms with van der Waals surface area (Å²) in [5, 5.41) is 13.8. The standard InChI is InChI=1S/C53H55N3O7/c1-35(2)51(60)62-32-31-61-47(59)22-21-46(58)56-29-27-54(28-30-56)38-19-17-37(18-20-38)53(36-13-7-5-8-14-36)24-23-40-49-48(39-15-9-10-16-43(39)52(49,3)4)41-33-44(55-25-11-6-12-26-55)45(57)34-42(41)50(40)63-53/h5,7-10,13-20,23-24,33-34,57H,1,6,11-12,21-22,25-32H2,2-4H3. The molecule has 4 aliphatic rings. The van der Waals surface area contributed by atoms with E-state index >= 15 is 0 Å². The highest BCUT2D eigenvalue weighted by atomic mass is 16.6.